The molecule has 12 heavy (non-hydrogen) atoms. The van der Waals surface area contributed by atoms with Gasteiger partial charge in [-0.25, -0.2) is 0 Å². The Balaban J connectivity index is 3.19. The minimum atomic E-state index is -0.770. The molecule has 4 nitrogen and oxygen atoms in total. The van der Waals surface area contributed by atoms with Crippen LogP contribution in [0.3, 0.4) is 0 Å². The van der Waals surface area contributed by atoms with Crippen LogP contribution >= 0.6 is 0 Å². The number of aliphatic carboxylic acids is 1. The van der Waals surface area contributed by atoms with E-state index >= 15 is 0 Å². The molecule has 0 radical (unpaired) electrons. The van der Waals surface area contributed by atoms with Gasteiger partial charge in [0, 0.05) is 13.1 Å². The van der Waals surface area contributed by atoms with Crippen LogP contribution in [0.2, 0.25) is 0 Å². The molecule has 0 heterocycles. The number of hydrogen-bond donors (Lipinski definition) is 2. The van der Waals surface area contributed by atoms with E-state index in [-0.39, 0.29) is 6.54 Å². The van der Waals surface area contributed by atoms with E-state index in [2.05, 4.69) is 12.2 Å². The molecular weight excluding hydrogens is 156 g/mol. The van der Waals surface area contributed by atoms with Crippen LogP contribution in [0.4, 0.5) is 0 Å². The molecule has 0 fully saturated rings. The van der Waals surface area contributed by atoms with Gasteiger partial charge in [0.2, 0.25) is 0 Å². The van der Waals surface area contributed by atoms with E-state index in [9.17, 15) is 4.79 Å². The van der Waals surface area contributed by atoms with Gasteiger partial charge >= 0.3 is 5.97 Å². The topological polar surface area (TPSA) is 52.6 Å². The molecule has 0 aromatic heterocycles. The molecule has 2 N–H and O–H groups in total. The molecule has 0 spiro atoms. The number of carboxylic acids is 1. The van der Waals surface area contributed by atoms with Crippen LogP contribution in [-0.2, 0) is 4.79 Å². The number of nitrogens with one attached hydrogen (secondary N) is 1. The van der Waals surface area contributed by atoms with Crippen molar-refractivity contribution in [1.29, 1.82) is 0 Å². The van der Waals surface area contributed by atoms with Crippen molar-refractivity contribution in [2.24, 2.45) is 0 Å². The van der Waals surface area contributed by atoms with E-state index < -0.39 is 5.97 Å². The fourth-order valence-electron chi connectivity index (χ4n) is 0.882. The van der Waals surface area contributed by atoms with Crippen LogP contribution in [0, 0.1) is 0 Å². The Kier molecular flexibility index (Phi) is 6.70. The number of carboxylic acid groups (broad SMARTS) is 1. The molecule has 0 atom stereocenters. The van der Waals surface area contributed by atoms with E-state index in [0.717, 1.165) is 26.1 Å². The van der Waals surface area contributed by atoms with Gasteiger partial charge in [-0.15, -0.1) is 0 Å². The van der Waals surface area contributed by atoms with Crippen LogP contribution in [0.15, 0.2) is 0 Å². The number of hydrogen-bond acceptors (Lipinski definition) is 3. The molecule has 72 valence electrons. The number of nitrogens with zero attached hydrogens (tertiary/aromatic N) is 1. The predicted octanol–water partition coefficient (Wildman–Crippen LogP) is 0.00240. The zero-order valence-corrected chi connectivity index (χ0v) is 7.84. The molecule has 0 saturated carbocycles. The molecule has 0 rings (SSSR count). The maximum atomic E-state index is 10.2. The summed E-state index contributed by atoms with van der Waals surface area (Å²) in [5.41, 5.74) is 0. The van der Waals surface area contributed by atoms with Crippen LogP contribution in [0.5, 0.6) is 0 Å². The highest BCUT2D eigenvalue weighted by Gasteiger charge is 2.02. The van der Waals surface area contributed by atoms with Crippen LogP contribution in [0.25, 0.3) is 0 Å². The lowest BCUT2D eigenvalue weighted by Crippen LogP contribution is -2.33. The Morgan fingerprint density at radius 3 is 2.67 bits per heavy atom. The molecule has 0 aliphatic rings. The molecule has 0 aliphatic heterocycles. The van der Waals surface area contributed by atoms with Gasteiger partial charge in [0.25, 0.3) is 0 Å². The highest BCUT2D eigenvalue weighted by Crippen LogP contribution is 1.80. The molecule has 0 bridgehead atoms. The van der Waals surface area contributed by atoms with Crippen molar-refractivity contribution in [1.82, 2.24) is 10.2 Å². The van der Waals surface area contributed by atoms with Crippen molar-refractivity contribution >= 4 is 5.97 Å². The van der Waals surface area contributed by atoms with Crippen LogP contribution in [-0.4, -0.2) is 49.2 Å². The van der Waals surface area contributed by atoms with E-state index in [4.69, 9.17) is 5.11 Å². The van der Waals surface area contributed by atoms with E-state index in [1.807, 2.05) is 7.05 Å². The summed E-state index contributed by atoms with van der Waals surface area (Å²) in [6.07, 6.45) is 1.11. The summed E-state index contributed by atoms with van der Waals surface area (Å²) in [5, 5.41) is 11.6. The largest absolute Gasteiger partial charge is 0.480 e. The molecular formula is C8H18N2O2. The average molecular weight is 174 g/mol. The van der Waals surface area contributed by atoms with Gasteiger partial charge in [0.1, 0.15) is 0 Å². The standard InChI is InChI=1S/C8H18N2O2/c1-3-4-9-5-6-10(2)7-8(11)12/h9H,3-7H2,1-2H3,(H,11,12). The smallest absolute Gasteiger partial charge is 0.317 e. The SMILES string of the molecule is CCCNCCN(C)CC(=O)O. The highest BCUT2D eigenvalue weighted by molar-refractivity contribution is 5.68. The molecule has 0 aromatic rings. The average Bonchev–Trinajstić information content (AvgIpc) is 1.97. The van der Waals surface area contributed by atoms with Crippen LogP contribution in [0.1, 0.15) is 13.3 Å². The number of carbonyl (C=O) groups is 1. The fraction of sp³-hybridized carbons (Fsp3) is 0.875. The predicted molar refractivity (Wildman–Crippen MR) is 48.3 cm³/mol. The minimum absolute atomic E-state index is 0.119. The van der Waals surface area contributed by atoms with Crippen molar-refractivity contribution in [3.8, 4) is 0 Å². The summed E-state index contributed by atoms with van der Waals surface area (Å²) >= 11 is 0. The van der Waals surface area contributed by atoms with Crippen molar-refractivity contribution < 1.29 is 9.90 Å². The van der Waals surface area contributed by atoms with Crippen molar-refractivity contribution in [2.45, 2.75) is 13.3 Å². The first-order chi connectivity index (χ1) is 5.66. The molecule has 4 heteroatoms. The zero-order valence-electron chi connectivity index (χ0n) is 7.84. The van der Waals surface area contributed by atoms with Crippen molar-refractivity contribution in [2.75, 3.05) is 33.2 Å². The summed E-state index contributed by atoms with van der Waals surface area (Å²) in [6.45, 7) is 4.87. The summed E-state index contributed by atoms with van der Waals surface area (Å²) in [4.78, 5) is 12.0. The Hall–Kier alpha value is -0.610. The van der Waals surface area contributed by atoms with E-state index in [0.29, 0.717) is 0 Å². The second kappa shape index (κ2) is 7.06. The quantitative estimate of drug-likeness (QED) is 0.533. The second-order valence-corrected chi connectivity index (χ2v) is 2.88. The monoisotopic (exact) mass is 174 g/mol. The third kappa shape index (κ3) is 7.50. The Morgan fingerprint density at radius 1 is 1.50 bits per heavy atom. The Labute approximate surface area is 73.6 Å². The van der Waals surface area contributed by atoms with Crippen molar-refractivity contribution in [3.63, 3.8) is 0 Å². The summed E-state index contributed by atoms with van der Waals surface area (Å²) < 4.78 is 0. The van der Waals surface area contributed by atoms with Crippen LogP contribution < -0.4 is 5.32 Å². The third-order valence-corrected chi connectivity index (χ3v) is 1.50. The Bertz CT molecular complexity index is 128. The van der Waals surface area contributed by atoms with E-state index in [1.165, 1.54) is 0 Å². The lowest BCUT2D eigenvalue weighted by atomic mass is 10.4. The number of rotatable bonds is 7. The fourth-order valence-corrected chi connectivity index (χ4v) is 0.882. The molecule has 0 amide bonds. The van der Waals surface area contributed by atoms with Gasteiger partial charge < -0.3 is 10.4 Å². The molecule has 0 aliphatic carbocycles. The lowest BCUT2D eigenvalue weighted by Gasteiger charge is -2.13. The number of likely N-dealkylation sites (N-methyl/N-ethyl adjacent to an activating group) is 1. The molecule has 0 aromatic carbocycles. The normalized spacial score (nSPS) is 10.6. The van der Waals surface area contributed by atoms with Gasteiger partial charge in [0.05, 0.1) is 6.54 Å². The first-order valence-electron chi connectivity index (χ1n) is 4.28. The highest BCUT2D eigenvalue weighted by atomic mass is 16.4. The zero-order chi connectivity index (χ0) is 9.40. The second-order valence-electron chi connectivity index (χ2n) is 2.88. The third-order valence-electron chi connectivity index (χ3n) is 1.50. The summed E-state index contributed by atoms with van der Waals surface area (Å²) in [6, 6.07) is 0. The minimum Gasteiger partial charge on any atom is -0.480 e. The Morgan fingerprint density at radius 2 is 2.17 bits per heavy atom. The maximum Gasteiger partial charge on any atom is 0.317 e. The first kappa shape index (κ1) is 11.4. The lowest BCUT2D eigenvalue weighted by molar-refractivity contribution is -0.137. The first-order valence-corrected chi connectivity index (χ1v) is 4.28. The van der Waals surface area contributed by atoms with Gasteiger partial charge in [0.15, 0.2) is 0 Å². The van der Waals surface area contributed by atoms with Gasteiger partial charge in [-0.05, 0) is 20.0 Å². The van der Waals surface area contributed by atoms with E-state index in [1.54, 1.807) is 4.90 Å². The van der Waals surface area contributed by atoms with Crippen molar-refractivity contribution in [3.05, 3.63) is 0 Å². The molecule has 0 unspecified atom stereocenters. The van der Waals surface area contributed by atoms with Gasteiger partial charge in [-0.1, -0.05) is 6.92 Å². The summed E-state index contributed by atoms with van der Waals surface area (Å²) in [7, 11) is 1.81. The maximum absolute atomic E-state index is 10.2. The molecule has 0 saturated heterocycles. The van der Waals surface area contributed by atoms with Gasteiger partial charge in [-0.2, -0.15) is 0 Å². The van der Waals surface area contributed by atoms with Gasteiger partial charge in [-0.3, -0.25) is 9.69 Å². The summed E-state index contributed by atoms with van der Waals surface area (Å²) in [5.74, 6) is -0.770.